The maximum absolute atomic E-state index is 11.7. The summed E-state index contributed by atoms with van der Waals surface area (Å²) < 4.78 is 5.74. The van der Waals surface area contributed by atoms with Crippen molar-refractivity contribution in [2.75, 3.05) is 13.2 Å². The molecule has 0 atom stereocenters. The van der Waals surface area contributed by atoms with Crippen LogP contribution in [0.1, 0.15) is 22.8 Å². The highest BCUT2D eigenvalue weighted by molar-refractivity contribution is 14.1. The lowest BCUT2D eigenvalue weighted by molar-refractivity contribution is -0.141. The van der Waals surface area contributed by atoms with Gasteiger partial charge in [0.2, 0.25) is 0 Å². The molecular formula is C12H14INO3. The Hall–Kier alpha value is -1.11. The van der Waals surface area contributed by atoms with Crippen molar-refractivity contribution in [1.82, 2.24) is 5.32 Å². The van der Waals surface area contributed by atoms with Crippen LogP contribution in [0, 0.1) is 10.5 Å². The first-order chi connectivity index (χ1) is 8.04. The van der Waals surface area contributed by atoms with Gasteiger partial charge in [0.05, 0.1) is 6.61 Å². The number of ether oxygens (including phenoxy) is 1. The highest BCUT2D eigenvalue weighted by Gasteiger charge is 2.09. The van der Waals surface area contributed by atoms with Crippen molar-refractivity contribution in [1.29, 1.82) is 0 Å². The van der Waals surface area contributed by atoms with Crippen LogP contribution in [0.3, 0.4) is 0 Å². The second-order valence-corrected chi connectivity index (χ2v) is 4.61. The lowest BCUT2D eigenvalue weighted by atomic mass is 10.1. The third kappa shape index (κ3) is 4.33. The number of halogens is 1. The summed E-state index contributed by atoms with van der Waals surface area (Å²) in [4.78, 5) is 22.8. The van der Waals surface area contributed by atoms with E-state index in [2.05, 4.69) is 27.9 Å². The molecule has 0 bridgehead atoms. The Bertz CT molecular complexity index is 432. The van der Waals surface area contributed by atoms with Gasteiger partial charge in [-0.3, -0.25) is 9.59 Å². The molecule has 0 aliphatic carbocycles. The van der Waals surface area contributed by atoms with Crippen LogP contribution < -0.4 is 5.32 Å². The number of rotatable bonds is 4. The molecule has 1 aromatic rings. The summed E-state index contributed by atoms with van der Waals surface area (Å²) in [6, 6.07) is 5.40. The van der Waals surface area contributed by atoms with E-state index in [4.69, 9.17) is 4.74 Å². The van der Waals surface area contributed by atoms with E-state index in [-0.39, 0.29) is 12.5 Å². The van der Waals surface area contributed by atoms with Gasteiger partial charge in [-0.05, 0) is 54.1 Å². The number of amides is 1. The van der Waals surface area contributed by atoms with Gasteiger partial charge >= 0.3 is 5.97 Å². The highest BCUT2D eigenvalue weighted by Crippen LogP contribution is 2.13. The molecular weight excluding hydrogens is 333 g/mol. The molecule has 0 saturated carbocycles. The zero-order valence-corrected chi connectivity index (χ0v) is 11.9. The maximum atomic E-state index is 11.7. The lowest BCUT2D eigenvalue weighted by Gasteiger charge is -2.06. The molecule has 0 aliphatic rings. The molecule has 0 radical (unpaired) electrons. The molecule has 0 spiro atoms. The van der Waals surface area contributed by atoms with Crippen LogP contribution in [0.4, 0.5) is 0 Å². The van der Waals surface area contributed by atoms with Gasteiger partial charge in [-0.15, -0.1) is 0 Å². The Morgan fingerprint density at radius 2 is 2.12 bits per heavy atom. The van der Waals surface area contributed by atoms with Gasteiger partial charge in [0.15, 0.2) is 0 Å². The molecule has 0 unspecified atom stereocenters. The molecule has 17 heavy (non-hydrogen) atoms. The van der Waals surface area contributed by atoms with Crippen LogP contribution in [-0.4, -0.2) is 25.0 Å². The van der Waals surface area contributed by atoms with Crippen LogP contribution in [0.15, 0.2) is 18.2 Å². The van der Waals surface area contributed by atoms with Crippen molar-refractivity contribution in [3.63, 3.8) is 0 Å². The molecule has 5 heteroatoms. The van der Waals surface area contributed by atoms with Gasteiger partial charge < -0.3 is 10.1 Å². The Labute approximate surface area is 114 Å². The van der Waals surface area contributed by atoms with Gasteiger partial charge in [-0.25, -0.2) is 0 Å². The van der Waals surface area contributed by atoms with Gasteiger partial charge in [0, 0.05) is 9.13 Å². The number of esters is 1. The Morgan fingerprint density at radius 1 is 1.41 bits per heavy atom. The van der Waals surface area contributed by atoms with E-state index in [9.17, 15) is 9.59 Å². The summed E-state index contributed by atoms with van der Waals surface area (Å²) in [5.74, 6) is -0.696. The second-order valence-electron chi connectivity index (χ2n) is 3.45. The van der Waals surface area contributed by atoms with Crippen molar-refractivity contribution in [3.8, 4) is 0 Å². The van der Waals surface area contributed by atoms with E-state index in [0.29, 0.717) is 12.2 Å². The number of hydrogen-bond donors (Lipinski definition) is 1. The van der Waals surface area contributed by atoms with Crippen molar-refractivity contribution < 1.29 is 14.3 Å². The van der Waals surface area contributed by atoms with Crippen LogP contribution in [0.5, 0.6) is 0 Å². The molecule has 0 aromatic heterocycles. The fraction of sp³-hybridized carbons (Fsp3) is 0.333. The van der Waals surface area contributed by atoms with E-state index < -0.39 is 5.97 Å². The fourth-order valence-corrected chi connectivity index (χ4v) is 1.72. The second kappa shape index (κ2) is 6.58. The minimum Gasteiger partial charge on any atom is -0.465 e. The summed E-state index contributed by atoms with van der Waals surface area (Å²) in [6.45, 7) is 3.92. The summed E-state index contributed by atoms with van der Waals surface area (Å²) >= 11 is 2.17. The molecule has 1 N–H and O–H groups in total. The first-order valence-corrected chi connectivity index (χ1v) is 6.32. The Balaban J connectivity index is 2.58. The zero-order valence-electron chi connectivity index (χ0n) is 9.75. The van der Waals surface area contributed by atoms with E-state index in [1.165, 1.54) is 0 Å². The maximum Gasteiger partial charge on any atom is 0.325 e. The van der Waals surface area contributed by atoms with Crippen LogP contribution in [-0.2, 0) is 9.53 Å². The van der Waals surface area contributed by atoms with E-state index >= 15 is 0 Å². The lowest BCUT2D eigenvalue weighted by Crippen LogP contribution is -2.30. The van der Waals surface area contributed by atoms with Crippen molar-refractivity contribution >= 4 is 34.5 Å². The molecule has 0 saturated heterocycles. The number of benzene rings is 1. The summed E-state index contributed by atoms with van der Waals surface area (Å²) in [7, 11) is 0. The number of aryl methyl sites for hydroxylation is 1. The zero-order chi connectivity index (χ0) is 12.8. The largest absolute Gasteiger partial charge is 0.465 e. The molecule has 0 fully saturated rings. The van der Waals surface area contributed by atoms with Crippen LogP contribution in [0.2, 0.25) is 0 Å². The first-order valence-electron chi connectivity index (χ1n) is 5.24. The topological polar surface area (TPSA) is 55.4 Å². The first kappa shape index (κ1) is 14.0. The third-order valence-corrected chi connectivity index (χ3v) is 3.29. The minimum atomic E-state index is -0.428. The molecule has 92 valence electrons. The van der Waals surface area contributed by atoms with E-state index in [1.54, 1.807) is 19.1 Å². The van der Waals surface area contributed by atoms with E-state index in [1.807, 2.05) is 13.0 Å². The fourth-order valence-electron chi connectivity index (χ4n) is 1.20. The predicted molar refractivity (Wildman–Crippen MR) is 72.9 cm³/mol. The van der Waals surface area contributed by atoms with Gasteiger partial charge in [-0.1, -0.05) is 6.07 Å². The van der Waals surface area contributed by atoms with Crippen LogP contribution in [0.25, 0.3) is 0 Å². The van der Waals surface area contributed by atoms with E-state index in [0.717, 1.165) is 9.13 Å². The van der Waals surface area contributed by atoms with Gasteiger partial charge in [-0.2, -0.15) is 0 Å². The Kier molecular flexibility index (Phi) is 5.40. The van der Waals surface area contributed by atoms with Gasteiger partial charge in [0.1, 0.15) is 6.54 Å². The summed E-state index contributed by atoms with van der Waals surface area (Å²) in [5.41, 5.74) is 1.66. The van der Waals surface area contributed by atoms with Gasteiger partial charge in [0.25, 0.3) is 5.91 Å². The molecule has 1 aromatic carbocycles. The highest BCUT2D eigenvalue weighted by atomic mass is 127. The number of nitrogens with one attached hydrogen (secondary N) is 1. The molecule has 1 amide bonds. The predicted octanol–water partition coefficient (Wildman–Crippen LogP) is 1.89. The smallest absolute Gasteiger partial charge is 0.325 e. The molecule has 1 rings (SSSR count). The summed E-state index contributed by atoms with van der Waals surface area (Å²) in [6.07, 6.45) is 0. The molecule has 0 heterocycles. The van der Waals surface area contributed by atoms with Crippen LogP contribution >= 0.6 is 22.6 Å². The minimum absolute atomic E-state index is 0.100. The number of carbonyl (C=O) groups excluding carboxylic acids is 2. The standard InChI is InChI=1S/C12H14INO3/c1-3-17-11(15)7-14-12(16)9-5-4-8(2)10(13)6-9/h4-6H,3,7H2,1-2H3,(H,14,16). The monoisotopic (exact) mass is 347 g/mol. The Morgan fingerprint density at radius 3 is 2.71 bits per heavy atom. The summed E-state index contributed by atoms with van der Waals surface area (Å²) in [5, 5.41) is 2.51. The average Bonchev–Trinajstić information content (AvgIpc) is 2.30. The third-order valence-electron chi connectivity index (χ3n) is 2.13. The molecule has 4 nitrogen and oxygen atoms in total. The van der Waals surface area contributed by atoms with Crippen molar-refractivity contribution in [3.05, 3.63) is 32.9 Å². The van der Waals surface area contributed by atoms with Crippen molar-refractivity contribution in [2.45, 2.75) is 13.8 Å². The quantitative estimate of drug-likeness (QED) is 0.669. The number of hydrogen-bond acceptors (Lipinski definition) is 3. The normalized spacial score (nSPS) is 9.82. The van der Waals surface area contributed by atoms with Crippen molar-refractivity contribution in [2.24, 2.45) is 0 Å². The SMILES string of the molecule is CCOC(=O)CNC(=O)c1ccc(C)c(I)c1. The average molecular weight is 347 g/mol. The number of carbonyl (C=O) groups is 2. The molecule has 0 aliphatic heterocycles.